The summed E-state index contributed by atoms with van der Waals surface area (Å²) < 4.78 is 2.12. The van der Waals surface area contributed by atoms with Gasteiger partial charge in [-0.25, -0.2) is 4.98 Å². The van der Waals surface area contributed by atoms with Crippen molar-refractivity contribution in [1.82, 2.24) is 14.9 Å². The van der Waals surface area contributed by atoms with Crippen molar-refractivity contribution >= 4 is 6.08 Å². The van der Waals surface area contributed by atoms with Gasteiger partial charge in [0.25, 0.3) is 0 Å². The first-order valence-corrected chi connectivity index (χ1v) is 4.59. The van der Waals surface area contributed by atoms with Crippen LogP contribution in [0.3, 0.4) is 0 Å². The van der Waals surface area contributed by atoms with Gasteiger partial charge < -0.3 is 9.88 Å². The maximum atomic E-state index is 4.10. The van der Waals surface area contributed by atoms with Crippen LogP contribution in [0.2, 0.25) is 0 Å². The van der Waals surface area contributed by atoms with Gasteiger partial charge in [-0.2, -0.15) is 0 Å². The van der Waals surface area contributed by atoms with Crippen LogP contribution in [0.1, 0.15) is 19.5 Å². The Kier molecular flexibility index (Phi) is 3.71. The highest BCUT2D eigenvalue weighted by atomic mass is 15.0. The summed E-state index contributed by atoms with van der Waals surface area (Å²) in [5.41, 5.74) is 2.49. The predicted octanol–water partition coefficient (Wildman–Crippen LogP) is 1.53. The molecular weight excluding hydrogens is 162 g/mol. The molecule has 0 saturated heterocycles. The minimum Gasteiger partial charge on any atom is -0.331 e. The zero-order valence-corrected chi connectivity index (χ0v) is 8.54. The molecular formula is C10H17N3. The van der Waals surface area contributed by atoms with Crippen molar-refractivity contribution in [3.8, 4) is 0 Å². The summed E-state index contributed by atoms with van der Waals surface area (Å²) in [5, 5.41) is 3.12. The van der Waals surface area contributed by atoms with E-state index in [9.17, 15) is 0 Å². The summed E-state index contributed by atoms with van der Waals surface area (Å²) in [4.78, 5) is 4.10. The molecule has 0 aliphatic rings. The quantitative estimate of drug-likeness (QED) is 0.759. The normalized spacial score (nSPS) is 12.1. The molecule has 1 N–H and O–H groups in total. The fourth-order valence-corrected chi connectivity index (χ4v) is 1.30. The van der Waals surface area contributed by atoms with E-state index in [0.717, 1.165) is 13.1 Å². The molecule has 72 valence electrons. The molecule has 0 spiro atoms. The lowest BCUT2D eigenvalue weighted by Gasteiger charge is -2.02. The summed E-state index contributed by atoms with van der Waals surface area (Å²) in [6.07, 6.45) is 5.91. The number of hydrogen-bond acceptors (Lipinski definition) is 2. The predicted molar refractivity (Wildman–Crippen MR) is 55.5 cm³/mol. The number of hydrogen-bond donors (Lipinski definition) is 1. The van der Waals surface area contributed by atoms with Crippen LogP contribution in [-0.2, 0) is 6.54 Å². The molecule has 3 heteroatoms. The van der Waals surface area contributed by atoms with Gasteiger partial charge in [0.15, 0.2) is 0 Å². The summed E-state index contributed by atoms with van der Waals surface area (Å²) in [5.74, 6) is 0. The Labute approximate surface area is 79.5 Å². The number of rotatable bonds is 4. The van der Waals surface area contributed by atoms with E-state index in [1.807, 2.05) is 19.6 Å². The molecule has 0 bridgehead atoms. The first-order valence-electron chi connectivity index (χ1n) is 4.59. The summed E-state index contributed by atoms with van der Waals surface area (Å²) in [6, 6.07) is 0. The summed E-state index contributed by atoms with van der Waals surface area (Å²) in [6.45, 7) is 6.13. The molecule has 0 aromatic carbocycles. The van der Waals surface area contributed by atoms with E-state index in [-0.39, 0.29) is 0 Å². The Hall–Kier alpha value is -1.09. The molecule has 0 radical (unpaired) electrons. The largest absolute Gasteiger partial charge is 0.331 e. The van der Waals surface area contributed by atoms with Gasteiger partial charge >= 0.3 is 0 Å². The number of aryl methyl sites for hydroxylation is 1. The maximum absolute atomic E-state index is 4.10. The molecule has 0 unspecified atom stereocenters. The van der Waals surface area contributed by atoms with Crippen molar-refractivity contribution in [1.29, 1.82) is 0 Å². The summed E-state index contributed by atoms with van der Waals surface area (Å²) in [7, 11) is 1.95. The Balaban J connectivity index is 2.77. The lowest BCUT2D eigenvalue weighted by Crippen LogP contribution is -2.08. The molecule has 3 nitrogen and oxygen atoms in total. The van der Waals surface area contributed by atoms with Gasteiger partial charge in [0, 0.05) is 13.1 Å². The topological polar surface area (TPSA) is 29.9 Å². The van der Waals surface area contributed by atoms with Crippen molar-refractivity contribution in [3.05, 3.63) is 23.8 Å². The lowest BCUT2D eigenvalue weighted by atomic mass is 10.2. The Morgan fingerprint density at radius 2 is 2.46 bits per heavy atom. The fourth-order valence-electron chi connectivity index (χ4n) is 1.30. The third-order valence-electron chi connectivity index (χ3n) is 1.94. The monoisotopic (exact) mass is 179 g/mol. The van der Waals surface area contributed by atoms with Crippen molar-refractivity contribution in [2.45, 2.75) is 20.4 Å². The molecule has 1 heterocycles. The fraction of sp³-hybridized carbons (Fsp3) is 0.500. The van der Waals surface area contributed by atoms with Crippen LogP contribution < -0.4 is 5.32 Å². The molecule has 1 aromatic heterocycles. The van der Waals surface area contributed by atoms with Crippen LogP contribution in [0.5, 0.6) is 0 Å². The molecule has 0 aliphatic heterocycles. The number of imidazole rings is 1. The average molecular weight is 179 g/mol. The van der Waals surface area contributed by atoms with Crippen molar-refractivity contribution in [2.24, 2.45) is 0 Å². The average Bonchev–Trinajstić information content (AvgIpc) is 2.52. The first-order chi connectivity index (χ1) is 6.27. The van der Waals surface area contributed by atoms with Crippen LogP contribution in [0, 0.1) is 0 Å². The zero-order valence-electron chi connectivity index (χ0n) is 8.54. The zero-order chi connectivity index (χ0) is 9.68. The van der Waals surface area contributed by atoms with E-state index < -0.39 is 0 Å². The second kappa shape index (κ2) is 4.82. The van der Waals surface area contributed by atoms with Gasteiger partial charge in [-0.15, -0.1) is 0 Å². The minimum atomic E-state index is 0.925. The second-order valence-corrected chi connectivity index (χ2v) is 3.13. The highest BCUT2D eigenvalue weighted by molar-refractivity contribution is 5.48. The van der Waals surface area contributed by atoms with Gasteiger partial charge in [-0.3, -0.25) is 0 Å². The number of aromatic nitrogens is 2. The Morgan fingerprint density at radius 1 is 1.69 bits per heavy atom. The van der Waals surface area contributed by atoms with E-state index in [2.05, 4.69) is 34.8 Å². The van der Waals surface area contributed by atoms with Gasteiger partial charge in [0.2, 0.25) is 0 Å². The molecule has 0 aliphatic carbocycles. The van der Waals surface area contributed by atoms with Gasteiger partial charge in [-0.1, -0.05) is 5.57 Å². The van der Waals surface area contributed by atoms with Crippen molar-refractivity contribution in [2.75, 3.05) is 13.6 Å². The lowest BCUT2D eigenvalue weighted by molar-refractivity contribution is 0.753. The molecule has 0 saturated carbocycles. The minimum absolute atomic E-state index is 0.925. The molecule has 1 rings (SSSR count). The Morgan fingerprint density at radius 3 is 3.08 bits per heavy atom. The number of likely N-dealkylation sites (N-methyl/N-ethyl adjacent to an activating group) is 1. The molecule has 0 atom stereocenters. The molecule has 0 fully saturated rings. The smallest absolute Gasteiger partial charge is 0.0950 e. The van der Waals surface area contributed by atoms with Crippen LogP contribution in [-0.4, -0.2) is 23.1 Å². The van der Waals surface area contributed by atoms with Crippen LogP contribution in [0.4, 0.5) is 0 Å². The van der Waals surface area contributed by atoms with Crippen LogP contribution in [0.15, 0.2) is 18.1 Å². The SMILES string of the molecule is CCn1cncc1C=C(C)CNC. The number of nitrogens with zero attached hydrogens (tertiary/aromatic N) is 2. The van der Waals surface area contributed by atoms with Crippen molar-refractivity contribution in [3.63, 3.8) is 0 Å². The third-order valence-corrected chi connectivity index (χ3v) is 1.94. The van der Waals surface area contributed by atoms with Gasteiger partial charge in [0.05, 0.1) is 18.2 Å². The number of nitrogens with one attached hydrogen (secondary N) is 1. The highest BCUT2D eigenvalue weighted by Crippen LogP contribution is 2.05. The van der Waals surface area contributed by atoms with Crippen molar-refractivity contribution < 1.29 is 0 Å². The molecule has 13 heavy (non-hydrogen) atoms. The van der Waals surface area contributed by atoms with E-state index in [0.29, 0.717) is 0 Å². The molecule has 1 aromatic rings. The van der Waals surface area contributed by atoms with Gasteiger partial charge in [0.1, 0.15) is 0 Å². The van der Waals surface area contributed by atoms with E-state index >= 15 is 0 Å². The maximum Gasteiger partial charge on any atom is 0.0950 e. The highest BCUT2D eigenvalue weighted by Gasteiger charge is 1.96. The second-order valence-electron chi connectivity index (χ2n) is 3.13. The van der Waals surface area contributed by atoms with Crippen LogP contribution in [0.25, 0.3) is 6.08 Å². The standard InChI is InChI=1S/C10H17N3/c1-4-13-8-12-7-10(13)5-9(2)6-11-3/h5,7-8,11H,4,6H2,1-3H3. The van der Waals surface area contributed by atoms with E-state index in [4.69, 9.17) is 0 Å². The first kappa shape index (κ1) is 9.99. The molecule has 0 amide bonds. The Bertz CT molecular complexity index is 286. The third kappa shape index (κ3) is 2.70. The van der Waals surface area contributed by atoms with E-state index in [1.165, 1.54) is 11.3 Å². The van der Waals surface area contributed by atoms with E-state index in [1.54, 1.807) is 0 Å². The van der Waals surface area contributed by atoms with Gasteiger partial charge in [-0.05, 0) is 27.0 Å². The van der Waals surface area contributed by atoms with Crippen LogP contribution >= 0.6 is 0 Å². The summed E-state index contributed by atoms with van der Waals surface area (Å²) >= 11 is 0.